The zero-order valence-corrected chi connectivity index (χ0v) is 15.8. The molecule has 0 bridgehead atoms. The van der Waals surface area contributed by atoms with Crippen LogP contribution in [-0.4, -0.2) is 28.7 Å². The lowest BCUT2D eigenvalue weighted by Crippen LogP contribution is -2.32. The van der Waals surface area contributed by atoms with Gasteiger partial charge < -0.3 is 15.1 Å². The Morgan fingerprint density at radius 1 is 1.07 bits per heavy atom. The third-order valence-corrected chi connectivity index (χ3v) is 5.80. The molecule has 3 atom stereocenters. The Kier molecular flexibility index (Phi) is 5.48. The van der Waals surface area contributed by atoms with Crippen molar-refractivity contribution in [2.75, 3.05) is 0 Å². The summed E-state index contributed by atoms with van der Waals surface area (Å²) in [5, 5.41) is 22.7. The normalized spacial score (nSPS) is 25.8. The molecule has 2 aliphatic rings. The molecule has 4 rings (SSSR count). The maximum Gasteiger partial charge on any atom is 0.0992 e. The molecule has 2 aromatic rings. The zero-order valence-electron chi connectivity index (χ0n) is 15.1. The van der Waals surface area contributed by atoms with Gasteiger partial charge in [0.2, 0.25) is 0 Å². The summed E-state index contributed by atoms with van der Waals surface area (Å²) >= 11 is 6.44. The highest BCUT2D eigenvalue weighted by Crippen LogP contribution is 2.40. The van der Waals surface area contributed by atoms with Gasteiger partial charge in [-0.25, -0.2) is 0 Å². The van der Waals surface area contributed by atoms with Crippen LogP contribution in [-0.2, 0) is 11.2 Å². The van der Waals surface area contributed by atoms with E-state index in [9.17, 15) is 5.11 Å². The third-order valence-electron chi connectivity index (χ3n) is 5.43. The fourth-order valence-electron chi connectivity index (χ4n) is 3.79. The SMILES string of the molecule is O/N=C/C1CC(O)CC(c2ccc(Cl)c(Cc3ccc(C4CC4)cc3)c2)O1. The molecule has 142 valence electrons. The van der Waals surface area contributed by atoms with E-state index >= 15 is 0 Å². The van der Waals surface area contributed by atoms with Crippen LogP contribution in [0, 0.1) is 0 Å². The Morgan fingerprint density at radius 2 is 1.81 bits per heavy atom. The average Bonchev–Trinajstić information content (AvgIpc) is 3.49. The van der Waals surface area contributed by atoms with Gasteiger partial charge in [-0.1, -0.05) is 53.2 Å². The zero-order chi connectivity index (χ0) is 18.8. The summed E-state index contributed by atoms with van der Waals surface area (Å²) in [6.45, 7) is 0. The second-order valence-corrected chi connectivity index (χ2v) is 8.00. The van der Waals surface area contributed by atoms with Crippen LogP contribution in [0.2, 0.25) is 5.02 Å². The summed E-state index contributed by atoms with van der Waals surface area (Å²) < 4.78 is 5.97. The van der Waals surface area contributed by atoms with Gasteiger partial charge in [0.1, 0.15) is 0 Å². The number of ether oxygens (including phenoxy) is 1. The number of halogens is 1. The largest absolute Gasteiger partial charge is 0.411 e. The molecular formula is C22H24ClNO3. The summed E-state index contributed by atoms with van der Waals surface area (Å²) in [6, 6.07) is 14.7. The number of nitrogens with zero attached hydrogens (tertiary/aromatic N) is 1. The maximum atomic E-state index is 10.1. The molecule has 2 fully saturated rings. The van der Waals surface area contributed by atoms with Gasteiger partial charge in [0.05, 0.1) is 24.5 Å². The molecule has 0 aromatic heterocycles. The van der Waals surface area contributed by atoms with Gasteiger partial charge in [-0.2, -0.15) is 0 Å². The molecule has 1 aliphatic carbocycles. The Morgan fingerprint density at radius 3 is 2.52 bits per heavy atom. The topological polar surface area (TPSA) is 62.1 Å². The summed E-state index contributed by atoms with van der Waals surface area (Å²) in [6.07, 6.45) is 4.54. The van der Waals surface area contributed by atoms with E-state index < -0.39 is 12.2 Å². The van der Waals surface area contributed by atoms with E-state index in [0.717, 1.165) is 28.5 Å². The average molecular weight is 386 g/mol. The molecule has 4 nitrogen and oxygen atoms in total. The lowest BCUT2D eigenvalue weighted by atomic mass is 9.94. The number of aliphatic hydroxyl groups excluding tert-OH is 1. The summed E-state index contributed by atoms with van der Waals surface area (Å²) in [5.74, 6) is 0.760. The van der Waals surface area contributed by atoms with Gasteiger partial charge in [0, 0.05) is 17.9 Å². The standard InChI is InChI=1S/C22H24ClNO3/c23-21-8-7-17(22-12-19(25)11-20(27-22)13-24-26)10-18(21)9-14-1-3-15(4-2-14)16-5-6-16/h1-4,7-8,10,13,16,19-20,22,25-26H,5-6,9,11-12H2/b24-13+. The monoisotopic (exact) mass is 385 g/mol. The molecule has 2 aromatic carbocycles. The first-order valence-electron chi connectivity index (χ1n) is 9.50. The van der Waals surface area contributed by atoms with Crippen LogP contribution in [0.3, 0.4) is 0 Å². The Labute approximate surface area is 164 Å². The van der Waals surface area contributed by atoms with Crippen molar-refractivity contribution in [2.45, 2.75) is 56.3 Å². The van der Waals surface area contributed by atoms with Crippen LogP contribution >= 0.6 is 11.6 Å². The minimum absolute atomic E-state index is 0.245. The highest BCUT2D eigenvalue weighted by Gasteiger charge is 2.29. The van der Waals surface area contributed by atoms with E-state index in [1.54, 1.807) is 0 Å². The second kappa shape index (κ2) is 8.01. The molecule has 27 heavy (non-hydrogen) atoms. The maximum absolute atomic E-state index is 10.1. The van der Waals surface area contributed by atoms with Crippen molar-refractivity contribution >= 4 is 17.8 Å². The molecular weight excluding hydrogens is 362 g/mol. The van der Waals surface area contributed by atoms with Crippen LogP contribution in [0.1, 0.15) is 60.0 Å². The minimum Gasteiger partial charge on any atom is -0.411 e. The minimum atomic E-state index is -0.485. The van der Waals surface area contributed by atoms with Gasteiger partial charge in [-0.15, -0.1) is 0 Å². The van der Waals surface area contributed by atoms with Crippen LogP contribution in [0.15, 0.2) is 47.6 Å². The molecule has 1 saturated heterocycles. The van der Waals surface area contributed by atoms with E-state index in [4.69, 9.17) is 21.5 Å². The van der Waals surface area contributed by atoms with Crippen molar-refractivity contribution < 1.29 is 15.1 Å². The van der Waals surface area contributed by atoms with E-state index in [0.29, 0.717) is 12.8 Å². The molecule has 0 radical (unpaired) electrons. The van der Waals surface area contributed by atoms with Crippen LogP contribution in [0.4, 0.5) is 0 Å². The molecule has 0 spiro atoms. The smallest absolute Gasteiger partial charge is 0.0992 e. The number of hydrogen-bond acceptors (Lipinski definition) is 4. The molecule has 3 unspecified atom stereocenters. The second-order valence-electron chi connectivity index (χ2n) is 7.60. The van der Waals surface area contributed by atoms with Crippen LogP contribution in [0.25, 0.3) is 0 Å². The van der Waals surface area contributed by atoms with Crippen molar-refractivity contribution in [1.82, 2.24) is 0 Å². The number of aliphatic hydroxyl groups is 1. The van der Waals surface area contributed by atoms with Crippen molar-refractivity contribution in [3.8, 4) is 0 Å². The molecule has 0 amide bonds. The number of oxime groups is 1. The summed E-state index contributed by atoms with van der Waals surface area (Å²) in [4.78, 5) is 0. The highest BCUT2D eigenvalue weighted by atomic mass is 35.5. The van der Waals surface area contributed by atoms with Gasteiger partial charge in [0.15, 0.2) is 0 Å². The Bertz CT molecular complexity index is 817. The predicted octanol–water partition coefficient (Wildman–Crippen LogP) is 4.85. The van der Waals surface area contributed by atoms with Gasteiger partial charge in [-0.3, -0.25) is 0 Å². The highest BCUT2D eigenvalue weighted by molar-refractivity contribution is 6.31. The first kappa shape index (κ1) is 18.5. The van der Waals surface area contributed by atoms with Crippen LogP contribution in [0.5, 0.6) is 0 Å². The molecule has 1 saturated carbocycles. The lowest BCUT2D eigenvalue weighted by Gasteiger charge is -2.31. The number of benzene rings is 2. The van der Waals surface area contributed by atoms with E-state index in [-0.39, 0.29) is 6.10 Å². The fraction of sp³-hybridized carbons (Fsp3) is 0.409. The van der Waals surface area contributed by atoms with Crippen LogP contribution < -0.4 is 0 Å². The third kappa shape index (κ3) is 4.52. The van der Waals surface area contributed by atoms with Crippen molar-refractivity contribution in [3.05, 3.63) is 69.7 Å². The summed E-state index contributed by atoms with van der Waals surface area (Å²) in [5.41, 5.74) is 4.69. The Balaban J connectivity index is 1.52. The quantitative estimate of drug-likeness (QED) is 0.439. The first-order valence-corrected chi connectivity index (χ1v) is 9.88. The van der Waals surface area contributed by atoms with Gasteiger partial charge >= 0.3 is 0 Å². The molecule has 1 heterocycles. The van der Waals surface area contributed by atoms with E-state index in [1.165, 1.54) is 30.2 Å². The number of rotatable bonds is 5. The first-order chi connectivity index (χ1) is 13.1. The fourth-order valence-corrected chi connectivity index (χ4v) is 3.98. The van der Waals surface area contributed by atoms with E-state index in [2.05, 4.69) is 35.5 Å². The van der Waals surface area contributed by atoms with Gasteiger partial charge in [-0.05, 0) is 53.5 Å². The van der Waals surface area contributed by atoms with Crippen molar-refractivity contribution in [1.29, 1.82) is 0 Å². The predicted molar refractivity (Wildman–Crippen MR) is 106 cm³/mol. The number of hydrogen-bond donors (Lipinski definition) is 2. The Hall–Kier alpha value is -1.88. The summed E-state index contributed by atoms with van der Waals surface area (Å²) in [7, 11) is 0. The lowest BCUT2D eigenvalue weighted by molar-refractivity contribution is -0.0686. The van der Waals surface area contributed by atoms with Crippen molar-refractivity contribution in [2.24, 2.45) is 5.16 Å². The molecule has 1 aliphatic heterocycles. The molecule has 5 heteroatoms. The van der Waals surface area contributed by atoms with Gasteiger partial charge in [0.25, 0.3) is 0 Å². The molecule has 2 N–H and O–H groups in total. The van der Waals surface area contributed by atoms with Crippen molar-refractivity contribution in [3.63, 3.8) is 0 Å². The van der Waals surface area contributed by atoms with E-state index in [1.807, 2.05) is 12.1 Å².